The lowest BCUT2D eigenvalue weighted by Crippen LogP contribution is -2.31. The number of hydrogen-bond donors (Lipinski definition) is 1. The molecule has 0 saturated heterocycles. The maximum absolute atomic E-state index is 12.9. The molecule has 1 rings (SSSR count). The van der Waals surface area contributed by atoms with Gasteiger partial charge < -0.3 is 5.11 Å². The van der Waals surface area contributed by atoms with Gasteiger partial charge >= 0.3 is 0 Å². The molecule has 0 radical (unpaired) electrons. The van der Waals surface area contributed by atoms with E-state index in [0.717, 1.165) is 0 Å². The van der Waals surface area contributed by atoms with Crippen molar-refractivity contribution in [3.63, 3.8) is 0 Å². The third-order valence-electron chi connectivity index (χ3n) is 2.22. The highest BCUT2D eigenvalue weighted by molar-refractivity contribution is 6.31. The molecule has 0 aromatic heterocycles. The van der Waals surface area contributed by atoms with E-state index in [2.05, 4.69) is 11.8 Å². The van der Waals surface area contributed by atoms with E-state index < -0.39 is 11.4 Å². The van der Waals surface area contributed by atoms with E-state index in [1.54, 1.807) is 0 Å². The van der Waals surface area contributed by atoms with E-state index >= 15 is 0 Å². The van der Waals surface area contributed by atoms with Crippen LogP contribution < -0.4 is 0 Å². The van der Waals surface area contributed by atoms with E-state index in [0.29, 0.717) is 12.0 Å². The minimum Gasteiger partial charge on any atom is -0.376 e. The second kappa shape index (κ2) is 6.26. The topological polar surface area (TPSA) is 20.2 Å². The van der Waals surface area contributed by atoms with Crippen LogP contribution in [-0.2, 0) is 6.42 Å². The van der Waals surface area contributed by atoms with Crippen LogP contribution in [-0.4, -0.2) is 16.6 Å². The third-order valence-corrected chi connectivity index (χ3v) is 3.01. The van der Waals surface area contributed by atoms with Crippen LogP contribution in [0, 0.1) is 17.7 Å². The number of rotatable bonds is 3. The van der Waals surface area contributed by atoms with Crippen molar-refractivity contribution in [2.75, 3.05) is 5.88 Å². The van der Waals surface area contributed by atoms with Crippen LogP contribution in [0.5, 0.6) is 0 Å². The largest absolute Gasteiger partial charge is 0.376 e. The molecular weight excluding hydrogens is 262 g/mol. The quantitative estimate of drug-likeness (QED) is 0.662. The summed E-state index contributed by atoms with van der Waals surface area (Å²) in [7, 11) is 0. The van der Waals surface area contributed by atoms with Crippen LogP contribution in [0.2, 0.25) is 5.02 Å². The number of aliphatic hydroxyl groups is 1. The van der Waals surface area contributed by atoms with Crippen LogP contribution in [0.1, 0.15) is 18.9 Å². The lowest BCUT2D eigenvalue weighted by molar-refractivity contribution is 0.126. The Morgan fingerprint density at radius 1 is 1.47 bits per heavy atom. The van der Waals surface area contributed by atoms with Crippen LogP contribution in [0.4, 0.5) is 4.39 Å². The van der Waals surface area contributed by atoms with Crippen LogP contribution in [0.3, 0.4) is 0 Å². The molecule has 0 aliphatic heterocycles. The Labute approximate surface area is 111 Å². The van der Waals surface area contributed by atoms with E-state index in [-0.39, 0.29) is 17.3 Å². The summed E-state index contributed by atoms with van der Waals surface area (Å²) in [4.78, 5) is 0. The van der Waals surface area contributed by atoms with Crippen molar-refractivity contribution in [2.24, 2.45) is 0 Å². The van der Waals surface area contributed by atoms with Crippen molar-refractivity contribution in [2.45, 2.75) is 25.4 Å². The molecule has 1 nitrogen and oxygen atoms in total. The van der Waals surface area contributed by atoms with E-state index in [4.69, 9.17) is 23.2 Å². The highest BCUT2D eigenvalue weighted by atomic mass is 35.5. The van der Waals surface area contributed by atoms with Gasteiger partial charge in [-0.2, -0.15) is 0 Å². The highest BCUT2D eigenvalue weighted by Crippen LogP contribution is 2.23. The Kier molecular flexibility index (Phi) is 5.27. The van der Waals surface area contributed by atoms with Crippen molar-refractivity contribution in [1.82, 2.24) is 0 Å². The lowest BCUT2D eigenvalue weighted by atomic mass is 9.96. The van der Waals surface area contributed by atoms with Gasteiger partial charge in [0.1, 0.15) is 11.4 Å². The molecule has 1 atom stereocenters. The molecule has 0 bridgehead atoms. The normalized spacial score (nSPS) is 13.7. The molecule has 1 aromatic rings. The van der Waals surface area contributed by atoms with Gasteiger partial charge in [0.05, 0.1) is 5.88 Å². The second-order valence-corrected chi connectivity index (χ2v) is 4.41. The molecule has 1 unspecified atom stereocenters. The summed E-state index contributed by atoms with van der Waals surface area (Å²) in [5, 5.41) is 10.4. The molecule has 1 aromatic carbocycles. The van der Waals surface area contributed by atoms with Gasteiger partial charge in [-0.05, 0) is 17.7 Å². The van der Waals surface area contributed by atoms with Gasteiger partial charge in [-0.3, -0.25) is 0 Å². The molecule has 0 amide bonds. The zero-order chi connectivity index (χ0) is 12.9. The fraction of sp³-hybridized carbons (Fsp3) is 0.385. The van der Waals surface area contributed by atoms with Gasteiger partial charge in [-0.15, -0.1) is 17.5 Å². The Balaban J connectivity index is 2.94. The van der Waals surface area contributed by atoms with Crippen molar-refractivity contribution < 1.29 is 9.50 Å². The third kappa shape index (κ3) is 4.20. The predicted octanol–water partition coefficient (Wildman–Crippen LogP) is 3.40. The van der Waals surface area contributed by atoms with Crippen LogP contribution >= 0.6 is 23.2 Å². The number of hydrogen-bond acceptors (Lipinski definition) is 1. The minimum atomic E-state index is -1.32. The predicted molar refractivity (Wildman–Crippen MR) is 68.9 cm³/mol. The van der Waals surface area contributed by atoms with Crippen molar-refractivity contribution >= 4 is 23.2 Å². The Morgan fingerprint density at radius 3 is 2.71 bits per heavy atom. The average Bonchev–Trinajstić information content (AvgIpc) is 2.30. The van der Waals surface area contributed by atoms with E-state index in [1.807, 2.05) is 6.92 Å². The zero-order valence-electron chi connectivity index (χ0n) is 9.43. The van der Waals surface area contributed by atoms with Gasteiger partial charge in [0.2, 0.25) is 0 Å². The van der Waals surface area contributed by atoms with Gasteiger partial charge in [0, 0.05) is 17.9 Å². The lowest BCUT2D eigenvalue weighted by Gasteiger charge is -2.19. The Morgan fingerprint density at radius 2 is 2.18 bits per heavy atom. The SMILES string of the molecule is CCC#CC(O)(CCl)Cc1ccc(F)cc1Cl. The Hall–Kier alpha value is -0.750. The van der Waals surface area contributed by atoms with E-state index in [1.165, 1.54) is 18.2 Å². The van der Waals surface area contributed by atoms with Gasteiger partial charge in [0.15, 0.2) is 0 Å². The molecule has 0 heterocycles. The molecular formula is C13H13Cl2FO. The smallest absolute Gasteiger partial charge is 0.142 e. The maximum Gasteiger partial charge on any atom is 0.142 e. The molecule has 92 valence electrons. The first-order chi connectivity index (χ1) is 8.00. The molecule has 4 heteroatoms. The maximum atomic E-state index is 12.9. The molecule has 0 aliphatic carbocycles. The zero-order valence-corrected chi connectivity index (χ0v) is 10.9. The number of alkyl halides is 1. The molecule has 0 saturated carbocycles. The molecule has 0 fully saturated rings. The van der Waals surface area contributed by atoms with Crippen molar-refractivity contribution in [1.29, 1.82) is 0 Å². The Bertz CT molecular complexity index is 450. The first kappa shape index (κ1) is 14.3. The first-order valence-electron chi connectivity index (χ1n) is 5.23. The minimum absolute atomic E-state index is 0.0201. The van der Waals surface area contributed by atoms with Crippen LogP contribution in [0.25, 0.3) is 0 Å². The number of benzene rings is 1. The molecule has 1 N–H and O–H groups in total. The molecule has 17 heavy (non-hydrogen) atoms. The van der Waals surface area contributed by atoms with Gasteiger partial charge in [-0.25, -0.2) is 4.39 Å². The average molecular weight is 275 g/mol. The van der Waals surface area contributed by atoms with Crippen LogP contribution in [0.15, 0.2) is 18.2 Å². The standard InChI is InChI=1S/C13H13Cl2FO/c1-2-3-6-13(17,9-14)8-10-4-5-11(16)7-12(10)15/h4-5,7,17H,2,8-9H2,1H3. The summed E-state index contributed by atoms with van der Waals surface area (Å²) in [6, 6.07) is 4.03. The summed E-state index contributed by atoms with van der Waals surface area (Å²) < 4.78 is 12.9. The first-order valence-corrected chi connectivity index (χ1v) is 6.14. The summed E-state index contributed by atoms with van der Waals surface area (Å²) in [5.41, 5.74) is -0.694. The summed E-state index contributed by atoms with van der Waals surface area (Å²) in [6.07, 6.45) is 0.818. The second-order valence-electron chi connectivity index (χ2n) is 3.73. The number of halogens is 3. The molecule has 0 spiro atoms. The summed E-state index contributed by atoms with van der Waals surface area (Å²) in [6.45, 7) is 1.88. The monoisotopic (exact) mass is 274 g/mol. The molecule has 0 aliphatic rings. The van der Waals surface area contributed by atoms with Gasteiger partial charge in [-0.1, -0.05) is 30.5 Å². The van der Waals surface area contributed by atoms with E-state index in [9.17, 15) is 9.50 Å². The van der Waals surface area contributed by atoms with Gasteiger partial charge in [0.25, 0.3) is 0 Å². The fourth-order valence-electron chi connectivity index (χ4n) is 1.36. The van der Waals surface area contributed by atoms with Crippen molar-refractivity contribution in [3.05, 3.63) is 34.6 Å². The highest BCUT2D eigenvalue weighted by Gasteiger charge is 2.24. The summed E-state index contributed by atoms with van der Waals surface area (Å²) >= 11 is 11.6. The van der Waals surface area contributed by atoms with Crippen molar-refractivity contribution in [3.8, 4) is 11.8 Å². The fourth-order valence-corrected chi connectivity index (χ4v) is 1.75. The summed E-state index contributed by atoms with van der Waals surface area (Å²) in [5.74, 6) is 5.07.